The first-order chi connectivity index (χ1) is 12.0. The molecule has 8 nitrogen and oxygen atoms in total. The molecule has 0 fully saturated rings. The minimum atomic E-state index is -1.30. The summed E-state index contributed by atoms with van der Waals surface area (Å²) in [5, 5.41) is 7.68. The zero-order valence-corrected chi connectivity index (χ0v) is 15.8. The Bertz CT molecular complexity index is 1120. The smallest absolute Gasteiger partial charge is 0.228 e. The van der Waals surface area contributed by atoms with E-state index in [9.17, 15) is 4.21 Å². The predicted molar refractivity (Wildman–Crippen MR) is 99.0 cm³/mol. The highest BCUT2D eigenvalue weighted by Gasteiger charge is 2.14. The number of benzene rings is 1. The molecule has 1 atom stereocenters. The number of aromatic nitrogens is 6. The van der Waals surface area contributed by atoms with Crippen LogP contribution in [0.5, 0.6) is 0 Å². The molecule has 2 N–H and O–H groups in total. The summed E-state index contributed by atoms with van der Waals surface area (Å²) in [6.07, 6.45) is 3.17. The van der Waals surface area contributed by atoms with Gasteiger partial charge in [-0.3, -0.25) is 4.21 Å². The largest absolute Gasteiger partial charge is 0.347 e. The zero-order chi connectivity index (χ0) is 17.6. The van der Waals surface area contributed by atoms with Crippen molar-refractivity contribution in [2.45, 2.75) is 18.6 Å². The summed E-state index contributed by atoms with van der Waals surface area (Å²) in [4.78, 5) is 16.5. The van der Waals surface area contributed by atoms with Crippen molar-refractivity contribution >= 4 is 49.4 Å². The average Bonchev–Trinajstić information content (AvgIpc) is 3.17. The van der Waals surface area contributed by atoms with Gasteiger partial charge in [-0.1, -0.05) is 12.1 Å². The second-order valence-corrected chi connectivity index (χ2v) is 7.65. The fourth-order valence-corrected chi connectivity index (χ4v) is 3.33. The van der Waals surface area contributed by atoms with Crippen LogP contribution >= 0.6 is 15.9 Å². The van der Waals surface area contributed by atoms with Crippen molar-refractivity contribution in [3.05, 3.63) is 40.3 Å². The molecule has 0 spiro atoms. The van der Waals surface area contributed by atoms with Gasteiger partial charge >= 0.3 is 0 Å². The van der Waals surface area contributed by atoms with Gasteiger partial charge in [0.2, 0.25) is 11.1 Å². The third-order valence-corrected chi connectivity index (χ3v) is 5.00. The Morgan fingerprint density at radius 3 is 2.92 bits per heavy atom. The molecule has 0 aliphatic rings. The SMILES string of the molecule is Cc1cccc2[nH]c(CNc3nc(S(C)=O)nc4c(Br)cnn34)nc12. The third kappa shape index (κ3) is 2.91. The summed E-state index contributed by atoms with van der Waals surface area (Å²) in [7, 11) is -1.30. The van der Waals surface area contributed by atoms with Crippen molar-refractivity contribution in [1.82, 2.24) is 29.5 Å². The molecule has 0 bridgehead atoms. The quantitative estimate of drug-likeness (QED) is 0.526. The third-order valence-electron chi connectivity index (χ3n) is 3.74. The minimum Gasteiger partial charge on any atom is -0.347 e. The Hall–Kier alpha value is -2.33. The number of nitrogens with one attached hydrogen (secondary N) is 2. The van der Waals surface area contributed by atoms with E-state index in [0.717, 1.165) is 22.4 Å². The lowest BCUT2D eigenvalue weighted by molar-refractivity contribution is 0.678. The van der Waals surface area contributed by atoms with Crippen LogP contribution in [0.15, 0.2) is 34.0 Å². The zero-order valence-electron chi connectivity index (χ0n) is 13.4. The van der Waals surface area contributed by atoms with Crippen molar-refractivity contribution in [2.24, 2.45) is 0 Å². The second kappa shape index (κ2) is 6.19. The molecular formula is C15H14BrN7OS. The normalized spacial score (nSPS) is 12.8. The summed E-state index contributed by atoms with van der Waals surface area (Å²) < 4.78 is 14.1. The number of para-hydroxylation sites is 1. The van der Waals surface area contributed by atoms with E-state index in [2.05, 4.69) is 46.3 Å². The first kappa shape index (κ1) is 16.2. The lowest BCUT2D eigenvalue weighted by Crippen LogP contribution is -2.12. The number of H-pyrrole nitrogens is 1. The van der Waals surface area contributed by atoms with Crippen LogP contribution in [0.25, 0.3) is 16.7 Å². The molecule has 1 unspecified atom stereocenters. The first-order valence-electron chi connectivity index (χ1n) is 7.45. The van der Waals surface area contributed by atoms with Gasteiger partial charge in [0, 0.05) is 6.26 Å². The van der Waals surface area contributed by atoms with Gasteiger partial charge in [-0.2, -0.15) is 19.6 Å². The molecule has 0 aliphatic carbocycles. The fraction of sp³-hybridized carbons (Fsp3) is 0.200. The lowest BCUT2D eigenvalue weighted by Gasteiger charge is -2.07. The highest BCUT2D eigenvalue weighted by Crippen LogP contribution is 2.20. The molecule has 0 saturated heterocycles. The second-order valence-electron chi connectivity index (χ2n) is 5.52. The molecule has 1 aromatic carbocycles. The number of anilines is 1. The summed E-state index contributed by atoms with van der Waals surface area (Å²) in [6.45, 7) is 2.45. The van der Waals surface area contributed by atoms with Crippen molar-refractivity contribution < 1.29 is 4.21 Å². The van der Waals surface area contributed by atoms with Gasteiger partial charge in [0.15, 0.2) is 5.65 Å². The Labute approximate surface area is 153 Å². The van der Waals surface area contributed by atoms with E-state index in [1.54, 1.807) is 17.0 Å². The highest BCUT2D eigenvalue weighted by molar-refractivity contribution is 9.10. The van der Waals surface area contributed by atoms with E-state index in [0.29, 0.717) is 22.6 Å². The van der Waals surface area contributed by atoms with Gasteiger partial charge in [0.1, 0.15) is 5.82 Å². The number of rotatable bonds is 4. The number of hydrogen-bond donors (Lipinski definition) is 2. The molecule has 3 heterocycles. The number of imidazole rings is 1. The Morgan fingerprint density at radius 1 is 1.32 bits per heavy atom. The Balaban J connectivity index is 1.70. The van der Waals surface area contributed by atoms with Gasteiger partial charge in [0.25, 0.3) is 0 Å². The van der Waals surface area contributed by atoms with E-state index >= 15 is 0 Å². The number of fused-ring (bicyclic) bond motifs is 2. The van der Waals surface area contributed by atoms with E-state index in [1.165, 1.54) is 0 Å². The molecule has 0 amide bonds. The Kier molecular flexibility index (Phi) is 4.00. The summed E-state index contributed by atoms with van der Waals surface area (Å²) >= 11 is 3.39. The van der Waals surface area contributed by atoms with Gasteiger partial charge < -0.3 is 10.3 Å². The van der Waals surface area contributed by atoms with Crippen LogP contribution in [0.1, 0.15) is 11.4 Å². The number of hydrogen-bond acceptors (Lipinski definition) is 6. The topological polar surface area (TPSA) is 101 Å². The summed E-state index contributed by atoms with van der Waals surface area (Å²) in [6, 6.07) is 6.01. The lowest BCUT2D eigenvalue weighted by atomic mass is 10.2. The molecule has 4 aromatic rings. The van der Waals surface area contributed by atoms with Crippen molar-refractivity contribution in [2.75, 3.05) is 11.6 Å². The predicted octanol–water partition coefficient (Wildman–Crippen LogP) is 2.42. The molecule has 0 aliphatic heterocycles. The standard InChI is InChI=1S/C15H14BrN7OS/c1-8-4-3-5-10-12(8)20-11(19-10)7-17-14-22-15(25(2)24)21-13-9(16)6-18-23(13)14/h3-6H,7H2,1-2H3,(H,19,20)(H,17,21,22). The Morgan fingerprint density at radius 2 is 2.16 bits per heavy atom. The van der Waals surface area contributed by atoms with E-state index < -0.39 is 10.8 Å². The van der Waals surface area contributed by atoms with Gasteiger partial charge in [-0.25, -0.2) is 4.98 Å². The maximum absolute atomic E-state index is 11.8. The molecule has 4 rings (SSSR count). The highest BCUT2D eigenvalue weighted by atomic mass is 79.9. The molecule has 0 saturated carbocycles. The molecule has 0 radical (unpaired) electrons. The van der Waals surface area contributed by atoms with Gasteiger partial charge in [0.05, 0.1) is 39.0 Å². The van der Waals surface area contributed by atoms with Crippen molar-refractivity contribution in [3.8, 4) is 0 Å². The summed E-state index contributed by atoms with van der Waals surface area (Å²) in [5.74, 6) is 1.24. The van der Waals surface area contributed by atoms with Gasteiger partial charge in [-0.05, 0) is 34.5 Å². The molecule has 10 heteroatoms. The monoisotopic (exact) mass is 419 g/mol. The van der Waals surface area contributed by atoms with E-state index in [1.807, 2.05) is 25.1 Å². The van der Waals surface area contributed by atoms with Crippen LogP contribution < -0.4 is 5.32 Å². The average molecular weight is 420 g/mol. The maximum Gasteiger partial charge on any atom is 0.228 e. The number of aryl methyl sites for hydroxylation is 1. The van der Waals surface area contributed by atoms with E-state index in [-0.39, 0.29) is 5.16 Å². The van der Waals surface area contributed by atoms with Crippen molar-refractivity contribution in [3.63, 3.8) is 0 Å². The number of aromatic amines is 1. The van der Waals surface area contributed by atoms with Crippen LogP contribution in [0, 0.1) is 6.92 Å². The molecule has 128 valence electrons. The van der Waals surface area contributed by atoms with Crippen LogP contribution in [0.4, 0.5) is 5.95 Å². The van der Waals surface area contributed by atoms with Crippen LogP contribution in [-0.4, -0.2) is 40.0 Å². The van der Waals surface area contributed by atoms with Crippen LogP contribution in [0.2, 0.25) is 0 Å². The number of halogens is 1. The van der Waals surface area contributed by atoms with Crippen LogP contribution in [-0.2, 0) is 17.3 Å². The van der Waals surface area contributed by atoms with Crippen molar-refractivity contribution in [1.29, 1.82) is 0 Å². The maximum atomic E-state index is 11.8. The number of nitrogens with zero attached hydrogens (tertiary/aromatic N) is 5. The molecular weight excluding hydrogens is 406 g/mol. The summed E-state index contributed by atoms with van der Waals surface area (Å²) in [5.41, 5.74) is 3.61. The minimum absolute atomic E-state index is 0.247. The molecule has 3 aromatic heterocycles. The first-order valence-corrected chi connectivity index (χ1v) is 9.81. The van der Waals surface area contributed by atoms with Gasteiger partial charge in [-0.15, -0.1) is 0 Å². The molecule has 25 heavy (non-hydrogen) atoms. The fourth-order valence-electron chi connectivity index (χ4n) is 2.55. The van der Waals surface area contributed by atoms with Crippen LogP contribution in [0.3, 0.4) is 0 Å². The van der Waals surface area contributed by atoms with E-state index in [4.69, 9.17) is 0 Å².